The van der Waals surface area contributed by atoms with E-state index in [4.69, 9.17) is 9.47 Å². The molecule has 0 aromatic heterocycles. The highest BCUT2D eigenvalue weighted by molar-refractivity contribution is 6.09. The van der Waals surface area contributed by atoms with Gasteiger partial charge in [-0.15, -0.1) is 0 Å². The zero-order chi connectivity index (χ0) is 23.3. The van der Waals surface area contributed by atoms with Crippen LogP contribution in [0.2, 0.25) is 0 Å². The molecule has 2 aromatic rings. The minimum Gasteiger partial charge on any atom is -0.494 e. The number of hydrogen-bond acceptors (Lipinski definition) is 5. The summed E-state index contributed by atoms with van der Waals surface area (Å²) < 4.78 is 38.6. The average molecular weight is 447 g/mol. The zero-order valence-electron chi connectivity index (χ0n) is 17.6. The van der Waals surface area contributed by atoms with E-state index < -0.39 is 41.6 Å². The standard InChI is InChI=1S/C22H23F2N3O5/c1-3-31-15-5-7-16(8-6-15)32-11-10-25-19(28)13-27-20(29)22(2,26-21(27)30)17-12-14(23)4-9-18(17)24/h4-9,12H,3,10-11,13H2,1-2H3,(H,25,28)(H,26,30). The first-order chi connectivity index (χ1) is 15.2. The average Bonchev–Trinajstić information content (AvgIpc) is 2.98. The highest BCUT2D eigenvalue weighted by Crippen LogP contribution is 2.31. The molecule has 0 saturated carbocycles. The van der Waals surface area contributed by atoms with Gasteiger partial charge in [0.15, 0.2) is 0 Å². The monoisotopic (exact) mass is 447 g/mol. The van der Waals surface area contributed by atoms with Crippen LogP contribution in [0.4, 0.5) is 13.6 Å². The lowest BCUT2D eigenvalue weighted by atomic mass is 9.91. The number of urea groups is 1. The Morgan fingerprint density at radius 3 is 2.41 bits per heavy atom. The Morgan fingerprint density at radius 1 is 1.09 bits per heavy atom. The molecule has 8 nitrogen and oxygen atoms in total. The molecule has 170 valence electrons. The van der Waals surface area contributed by atoms with Gasteiger partial charge in [0.1, 0.15) is 41.8 Å². The zero-order valence-corrected chi connectivity index (χ0v) is 17.6. The number of rotatable bonds is 9. The van der Waals surface area contributed by atoms with Crippen LogP contribution in [0.5, 0.6) is 11.5 Å². The summed E-state index contributed by atoms with van der Waals surface area (Å²) in [6.45, 7) is 3.41. The first kappa shape index (κ1) is 23.0. The van der Waals surface area contributed by atoms with E-state index in [0.29, 0.717) is 23.0 Å². The van der Waals surface area contributed by atoms with E-state index in [9.17, 15) is 23.2 Å². The van der Waals surface area contributed by atoms with E-state index >= 15 is 0 Å². The minimum absolute atomic E-state index is 0.130. The predicted octanol–water partition coefficient (Wildman–Crippen LogP) is 2.33. The summed E-state index contributed by atoms with van der Waals surface area (Å²) in [7, 11) is 0. The van der Waals surface area contributed by atoms with Gasteiger partial charge in [0, 0.05) is 5.56 Å². The van der Waals surface area contributed by atoms with Crippen LogP contribution in [0.25, 0.3) is 0 Å². The highest BCUT2D eigenvalue weighted by Gasteiger charge is 2.50. The molecule has 0 spiro atoms. The number of nitrogens with zero attached hydrogens (tertiary/aromatic N) is 1. The maximum atomic E-state index is 14.2. The van der Waals surface area contributed by atoms with Gasteiger partial charge in [0.05, 0.1) is 13.2 Å². The Labute approximate surface area is 183 Å². The summed E-state index contributed by atoms with van der Waals surface area (Å²) in [4.78, 5) is 37.9. The molecule has 0 bridgehead atoms. The van der Waals surface area contributed by atoms with Gasteiger partial charge in [-0.25, -0.2) is 13.6 Å². The van der Waals surface area contributed by atoms with E-state index in [1.165, 1.54) is 6.92 Å². The maximum absolute atomic E-state index is 14.2. The first-order valence-corrected chi connectivity index (χ1v) is 9.96. The number of hydrogen-bond donors (Lipinski definition) is 2. The number of halogens is 2. The Balaban J connectivity index is 1.52. The number of amides is 4. The third-order valence-corrected chi connectivity index (χ3v) is 4.87. The number of nitrogens with one attached hydrogen (secondary N) is 2. The van der Waals surface area contributed by atoms with Crippen molar-refractivity contribution in [2.45, 2.75) is 19.4 Å². The quantitative estimate of drug-likeness (QED) is 0.454. The largest absolute Gasteiger partial charge is 0.494 e. The van der Waals surface area contributed by atoms with Crippen molar-refractivity contribution in [2.24, 2.45) is 0 Å². The summed E-state index contributed by atoms with van der Waals surface area (Å²) >= 11 is 0. The fourth-order valence-electron chi connectivity index (χ4n) is 3.26. The fourth-order valence-corrected chi connectivity index (χ4v) is 3.26. The van der Waals surface area contributed by atoms with Crippen molar-refractivity contribution in [3.05, 3.63) is 59.7 Å². The predicted molar refractivity (Wildman–Crippen MR) is 110 cm³/mol. The van der Waals surface area contributed by atoms with Crippen LogP contribution in [-0.4, -0.2) is 49.0 Å². The second-order valence-electron chi connectivity index (χ2n) is 7.17. The molecule has 32 heavy (non-hydrogen) atoms. The second-order valence-corrected chi connectivity index (χ2v) is 7.17. The molecular formula is C22H23F2N3O5. The topological polar surface area (TPSA) is 97.0 Å². The lowest BCUT2D eigenvalue weighted by Gasteiger charge is -2.22. The molecule has 1 fully saturated rings. The van der Waals surface area contributed by atoms with Crippen molar-refractivity contribution < 1.29 is 32.6 Å². The number of benzene rings is 2. The Kier molecular flexibility index (Phi) is 6.92. The van der Waals surface area contributed by atoms with E-state index in [-0.39, 0.29) is 18.7 Å². The van der Waals surface area contributed by atoms with Crippen LogP contribution in [0.3, 0.4) is 0 Å². The van der Waals surface area contributed by atoms with Gasteiger partial charge >= 0.3 is 6.03 Å². The van der Waals surface area contributed by atoms with Crippen molar-refractivity contribution in [3.63, 3.8) is 0 Å². The normalized spacial score (nSPS) is 17.8. The van der Waals surface area contributed by atoms with Crippen LogP contribution in [0.15, 0.2) is 42.5 Å². The smallest absolute Gasteiger partial charge is 0.325 e. The summed E-state index contributed by atoms with van der Waals surface area (Å²) in [5.74, 6) is -1.76. The summed E-state index contributed by atoms with van der Waals surface area (Å²) in [6.07, 6.45) is 0. The van der Waals surface area contributed by atoms with Gasteiger partial charge in [-0.3, -0.25) is 14.5 Å². The molecule has 1 saturated heterocycles. The molecule has 4 amide bonds. The van der Waals surface area contributed by atoms with E-state index in [2.05, 4.69) is 10.6 Å². The molecule has 1 atom stereocenters. The third-order valence-electron chi connectivity index (χ3n) is 4.87. The summed E-state index contributed by atoms with van der Waals surface area (Å²) in [5, 5.41) is 4.88. The van der Waals surface area contributed by atoms with Crippen molar-refractivity contribution in [2.75, 3.05) is 26.3 Å². The Morgan fingerprint density at radius 2 is 1.75 bits per heavy atom. The molecule has 1 unspecified atom stereocenters. The number of carbonyl (C=O) groups is 3. The second kappa shape index (κ2) is 9.63. The number of carbonyl (C=O) groups excluding carboxylic acids is 3. The Bertz CT molecular complexity index is 1020. The van der Waals surface area contributed by atoms with Gasteiger partial charge in [-0.05, 0) is 56.3 Å². The highest BCUT2D eigenvalue weighted by atomic mass is 19.1. The molecule has 2 aromatic carbocycles. The fraction of sp³-hybridized carbons (Fsp3) is 0.318. The van der Waals surface area contributed by atoms with Crippen LogP contribution in [0, 0.1) is 11.6 Å². The Hall–Kier alpha value is -3.69. The molecule has 10 heteroatoms. The van der Waals surface area contributed by atoms with E-state index in [0.717, 1.165) is 18.2 Å². The maximum Gasteiger partial charge on any atom is 0.325 e. The van der Waals surface area contributed by atoms with Crippen molar-refractivity contribution >= 4 is 17.8 Å². The van der Waals surface area contributed by atoms with Crippen molar-refractivity contribution in [1.29, 1.82) is 0 Å². The van der Waals surface area contributed by atoms with Crippen molar-refractivity contribution in [3.8, 4) is 11.5 Å². The lowest BCUT2D eigenvalue weighted by Crippen LogP contribution is -2.44. The first-order valence-electron chi connectivity index (χ1n) is 9.96. The van der Waals surface area contributed by atoms with Crippen LogP contribution < -0.4 is 20.1 Å². The SMILES string of the molecule is CCOc1ccc(OCCNC(=O)CN2C(=O)NC(C)(c3cc(F)ccc3F)C2=O)cc1. The van der Waals surface area contributed by atoms with Gasteiger partial charge < -0.3 is 20.1 Å². The van der Waals surface area contributed by atoms with Gasteiger partial charge in [-0.2, -0.15) is 0 Å². The molecule has 2 N–H and O–H groups in total. The minimum atomic E-state index is -1.82. The summed E-state index contributed by atoms with van der Waals surface area (Å²) in [5.41, 5.74) is -2.14. The molecule has 1 aliphatic heterocycles. The van der Waals surface area contributed by atoms with Crippen LogP contribution >= 0.6 is 0 Å². The number of imide groups is 1. The van der Waals surface area contributed by atoms with Crippen molar-refractivity contribution in [1.82, 2.24) is 15.5 Å². The molecular weight excluding hydrogens is 424 g/mol. The molecule has 0 radical (unpaired) electrons. The van der Waals surface area contributed by atoms with Gasteiger partial charge in [-0.1, -0.05) is 0 Å². The molecule has 3 rings (SSSR count). The van der Waals surface area contributed by atoms with Gasteiger partial charge in [0.2, 0.25) is 5.91 Å². The van der Waals surface area contributed by atoms with Gasteiger partial charge in [0.25, 0.3) is 5.91 Å². The molecule has 1 heterocycles. The number of ether oxygens (including phenoxy) is 2. The van der Waals surface area contributed by atoms with Crippen LogP contribution in [0.1, 0.15) is 19.4 Å². The van der Waals surface area contributed by atoms with E-state index in [1.807, 2.05) is 6.92 Å². The molecule has 0 aliphatic carbocycles. The summed E-state index contributed by atoms with van der Waals surface area (Å²) in [6, 6.07) is 8.72. The van der Waals surface area contributed by atoms with E-state index in [1.54, 1.807) is 24.3 Å². The third kappa shape index (κ3) is 4.96. The molecule has 1 aliphatic rings. The lowest BCUT2D eigenvalue weighted by molar-refractivity contribution is -0.134. The van der Waals surface area contributed by atoms with Crippen LogP contribution in [-0.2, 0) is 15.1 Å².